The molecule has 11 nitrogen and oxygen atoms in total. The number of benzene rings is 1. The molecule has 1 saturated heterocycles. The Labute approximate surface area is 200 Å². The van der Waals surface area contributed by atoms with Crippen LogP contribution in [0.2, 0.25) is 0 Å². The molecular weight excluding hydrogens is 459 g/mol. The van der Waals surface area contributed by atoms with Crippen LogP contribution in [-0.2, 0) is 10.3 Å². The molecule has 190 valence electrons. The van der Waals surface area contributed by atoms with Crippen molar-refractivity contribution in [1.82, 2.24) is 19.7 Å². The number of hydrogen-bond acceptors (Lipinski definition) is 8. The average molecular weight is 491 g/mol. The van der Waals surface area contributed by atoms with E-state index in [0.29, 0.717) is 30.6 Å². The van der Waals surface area contributed by atoms with Crippen LogP contribution in [0.4, 0.5) is 9.18 Å². The molecule has 3 fully saturated rings. The molecule has 0 bridgehead atoms. The minimum absolute atomic E-state index is 0.0324. The van der Waals surface area contributed by atoms with Crippen molar-refractivity contribution in [1.29, 1.82) is 0 Å². The zero-order valence-electron chi connectivity index (χ0n) is 20.3. The summed E-state index contributed by atoms with van der Waals surface area (Å²) >= 11 is 0. The summed E-state index contributed by atoms with van der Waals surface area (Å²) in [4.78, 5) is 37.8. The van der Waals surface area contributed by atoms with E-state index in [1.807, 2.05) is 0 Å². The second kappa shape index (κ2) is 7.44. The van der Waals surface area contributed by atoms with Gasteiger partial charge in [-0.2, -0.15) is 4.68 Å². The lowest BCUT2D eigenvalue weighted by Gasteiger charge is -2.25. The van der Waals surface area contributed by atoms with E-state index in [9.17, 15) is 14.4 Å². The number of aromatic nitrogens is 2. The van der Waals surface area contributed by atoms with Gasteiger partial charge >= 0.3 is 11.8 Å². The summed E-state index contributed by atoms with van der Waals surface area (Å²) in [6, 6.07) is 0.957. The number of ether oxygens (including phenoxy) is 2. The van der Waals surface area contributed by atoms with E-state index in [4.69, 9.17) is 21.1 Å². The van der Waals surface area contributed by atoms with E-state index in [1.165, 1.54) is 11.7 Å². The van der Waals surface area contributed by atoms with Gasteiger partial charge in [0.1, 0.15) is 16.9 Å². The maximum atomic E-state index is 15.7. The largest absolute Gasteiger partial charge is 0.494 e. The fourth-order valence-electron chi connectivity index (χ4n) is 5.48. The van der Waals surface area contributed by atoms with Crippen LogP contribution in [0.25, 0.3) is 10.9 Å². The summed E-state index contributed by atoms with van der Waals surface area (Å²) < 4.78 is 28.6. The molecule has 1 amide bonds. The number of halogens is 1. The number of nitrogens with two attached hydrogens (primary N) is 2. The van der Waals surface area contributed by atoms with E-state index in [-0.39, 0.29) is 28.3 Å². The highest BCUT2D eigenvalue weighted by molar-refractivity contribution is 5.87. The Kier molecular flexibility index (Phi) is 5.02. The molecular formula is C23H31FN6O5. The normalized spacial score (nSPS) is 26.3. The van der Waals surface area contributed by atoms with Crippen molar-refractivity contribution in [2.24, 2.45) is 11.1 Å². The summed E-state index contributed by atoms with van der Waals surface area (Å²) in [7, 11) is 1.37. The average Bonchev–Trinajstić information content (AvgIpc) is 3.64. The van der Waals surface area contributed by atoms with E-state index in [0.717, 1.165) is 18.9 Å². The maximum absolute atomic E-state index is 15.7. The molecule has 3 aliphatic rings. The Morgan fingerprint density at radius 3 is 2.57 bits per heavy atom. The van der Waals surface area contributed by atoms with Crippen molar-refractivity contribution in [3.8, 4) is 5.75 Å². The highest BCUT2D eigenvalue weighted by atomic mass is 19.1. The number of rotatable bonds is 4. The molecule has 1 aliphatic heterocycles. The Bertz CT molecular complexity index is 1360. The van der Waals surface area contributed by atoms with Crippen LogP contribution < -0.4 is 33.0 Å². The van der Waals surface area contributed by atoms with Crippen molar-refractivity contribution in [3.63, 3.8) is 0 Å². The number of hydrazine groups is 1. The topological polar surface area (TPSA) is 147 Å². The summed E-state index contributed by atoms with van der Waals surface area (Å²) in [5, 5.41) is 1.69. The molecule has 2 aliphatic carbocycles. The van der Waals surface area contributed by atoms with Crippen molar-refractivity contribution >= 4 is 17.0 Å². The van der Waals surface area contributed by atoms with Crippen molar-refractivity contribution in [2.45, 2.75) is 63.6 Å². The molecule has 2 unspecified atom stereocenters. The SMILES string of the molecule is COc1c(C2(N)CC23CCN(NC(=O)OC(C)(C)C)C3)c(F)cc2c(=O)n(N)c(=O)n(C3CC3)c12. The van der Waals surface area contributed by atoms with Gasteiger partial charge in [0.25, 0.3) is 5.56 Å². The third-order valence-electron chi connectivity index (χ3n) is 7.31. The Morgan fingerprint density at radius 1 is 1.29 bits per heavy atom. The Balaban J connectivity index is 1.55. The Morgan fingerprint density at radius 2 is 1.97 bits per heavy atom. The molecule has 12 heteroatoms. The maximum Gasteiger partial charge on any atom is 0.422 e. The molecule has 2 atom stereocenters. The molecule has 2 saturated carbocycles. The second-order valence-corrected chi connectivity index (χ2v) is 10.9. The van der Waals surface area contributed by atoms with Gasteiger partial charge in [-0.15, -0.1) is 0 Å². The zero-order valence-corrected chi connectivity index (χ0v) is 20.3. The minimum atomic E-state index is -1.11. The molecule has 2 aromatic rings. The van der Waals surface area contributed by atoms with E-state index in [1.54, 1.807) is 25.8 Å². The van der Waals surface area contributed by atoms with Crippen LogP contribution in [-0.4, -0.2) is 46.1 Å². The predicted octanol–water partition coefficient (Wildman–Crippen LogP) is 1.05. The van der Waals surface area contributed by atoms with Gasteiger partial charge in [-0.1, -0.05) is 0 Å². The third kappa shape index (κ3) is 3.57. The van der Waals surface area contributed by atoms with Crippen molar-refractivity contribution < 1.29 is 18.7 Å². The van der Waals surface area contributed by atoms with Gasteiger partial charge in [-0.3, -0.25) is 14.8 Å². The van der Waals surface area contributed by atoms with Gasteiger partial charge in [0.05, 0.1) is 23.6 Å². The lowest BCUT2D eigenvalue weighted by atomic mass is 9.91. The number of hydrogen-bond donors (Lipinski definition) is 3. The fourth-order valence-corrected chi connectivity index (χ4v) is 5.48. The first-order chi connectivity index (χ1) is 16.3. The first-order valence-corrected chi connectivity index (χ1v) is 11.7. The van der Waals surface area contributed by atoms with Crippen LogP contribution in [0.5, 0.6) is 5.75 Å². The second-order valence-electron chi connectivity index (χ2n) is 10.9. The Hall–Kier alpha value is -3.12. The monoisotopic (exact) mass is 490 g/mol. The molecule has 0 radical (unpaired) electrons. The number of methoxy groups -OCH3 is 1. The van der Waals surface area contributed by atoms with Crippen molar-refractivity contribution in [2.75, 3.05) is 26.0 Å². The first kappa shape index (κ1) is 23.6. The quantitative estimate of drug-likeness (QED) is 0.539. The van der Waals surface area contributed by atoms with Crippen LogP contribution in [0, 0.1) is 11.2 Å². The number of nitrogen functional groups attached to an aromatic ring is 1. The number of nitrogens with one attached hydrogen (secondary N) is 1. The van der Waals surface area contributed by atoms with Gasteiger partial charge in [-0.05, 0) is 52.5 Å². The van der Waals surface area contributed by atoms with E-state index in [2.05, 4.69) is 5.43 Å². The van der Waals surface area contributed by atoms with Gasteiger partial charge in [0.2, 0.25) is 0 Å². The number of carbonyl (C=O) groups is 1. The zero-order chi connectivity index (χ0) is 25.5. The van der Waals surface area contributed by atoms with Gasteiger partial charge in [0, 0.05) is 24.5 Å². The molecule has 5 N–H and O–H groups in total. The smallest absolute Gasteiger partial charge is 0.422 e. The number of carbonyl (C=O) groups excluding carboxylic acids is 1. The molecule has 35 heavy (non-hydrogen) atoms. The van der Waals surface area contributed by atoms with Crippen molar-refractivity contribution in [3.05, 3.63) is 38.3 Å². The summed E-state index contributed by atoms with van der Waals surface area (Å²) in [6.45, 7) is 6.24. The number of fused-ring (bicyclic) bond motifs is 1. The summed E-state index contributed by atoms with van der Waals surface area (Å²) in [6.07, 6.45) is 1.98. The molecule has 1 spiro atoms. The number of amides is 1. The predicted molar refractivity (Wildman–Crippen MR) is 126 cm³/mol. The van der Waals surface area contributed by atoms with Crippen LogP contribution in [0.1, 0.15) is 58.1 Å². The summed E-state index contributed by atoms with van der Waals surface area (Å²) in [5.41, 5.74) is 6.19. The van der Waals surface area contributed by atoms with Crippen LogP contribution in [0.15, 0.2) is 15.7 Å². The first-order valence-electron chi connectivity index (χ1n) is 11.7. The van der Waals surface area contributed by atoms with Crippen LogP contribution >= 0.6 is 0 Å². The number of nitrogens with zero attached hydrogens (tertiary/aromatic N) is 3. The highest BCUT2D eigenvalue weighted by Crippen LogP contribution is 2.67. The lowest BCUT2D eigenvalue weighted by Crippen LogP contribution is -2.45. The van der Waals surface area contributed by atoms with E-state index >= 15 is 4.39 Å². The van der Waals surface area contributed by atoms with Crippen LogP contribution in [0.3, 0.4) is 0 Å². The molecule has 1 aromatic carbocycles. The molecule has 2 heterocycles. The summed E-state index contributed by atoms with van der Waals surface area (Å²) in [5.74, 6) is 5.11. The standard InChI is InChI=1S/C23H31FN6O5/c1-21(2,3)35-19(32)27-28-8-7-22(11-28)10-23(22,25)15-14(24)9-13-16(17(15)34-4)29(12-5-6-12)20(33)30(26)18(13)31/h9,12H,5-8,10-11,25-26H2,1-4H3,(H,27,32). The molecule has 5 rings (SSSR count). The van der Waals surface area contributed by atoms with Gasteiger partial charge in [0.15, 0.2) is 5.75 Å². The molecule has 1 aromatic heterocycles. The van der Waals surface area contributed by atoms with Gasteiger partial charge in [-0.25, -0.2) is 19.0 Å². The van der Waals surface area contributed by atoms with Gasteiger partial charge < -0.3 is 21.1 Å². The highest BCUT2D eigenvalue weighted by Gasteiger charge is 2.70. The minimum Gasteiger partial charge on any atom is -0.494 e. The fraction of sp³-hybridized carbons (Fsp3) is 0.609. The lowest BCUT2D eigenvalue weighted by molar-refractivity contribution is 0.0357. The third-order valence-corrected chi connectivity index (χ3v) is 7.31. The van der Waals surface area contributed by atoms with E-state index < -0.39 is 39.7 Å².